The average molecular weight is 719 g/mol. The standard InChI is InChI=1S/C54H38S/c1-53(2)43-19-11-9-13-34(43)41-29-32(22-26-44(41)53)48-35-14-5-7-16-37(35)49(38-17-8-6-15-36(38)48)33-23-27-45-42(30-33)39-25-21-31-24-28-47-51(50(31)52(39)54(45,3)4)40-18-10-12-20-46(40)55-47/h5-30H,1-4H3. The van der Waals surface area contributed by atoms with Crippen molar-refractivity contribution in [3.63, 3.8) is 0 Å². The molecule has 0 fully saturated rings. The first-order valence-electron chi connectivity index (χ1n) is 19.5. The third kappa shape index (κ3) is 4.06. The van der Waals surface area contributed by atoms with E-state index in [9.17, 15) is 0 Å². The Morgan fingerprint density at radius 1 is 0.364 bits per heavy atom. The summed E-state index contributed by atoms with van der Waals surface area (Å²) in [5.41, 5.74) is 16.1. The molecule has 0 amide bonds. The fourth-order valence-corrected chi connectivity index (χ4v) is 11.8. The highest BCUT2D eigenvalue weighted by Crippen LogP contribution is 2.56. The molecular formula is C54H38S. The molecule has 0 aliphatic heterocycles. The summed E-state index contributed by atoms with van der Waals surface area (Å²) in [7, 11) is 0. The minimum atomic E-state index is -0.144. The Labute approximate surface area is 325 Å². The first-order valence-corrected chi connectivity index (χ1v) is 20.3. The minimum absolute atomic E-state index is 0.0189. The van der Waals surface area contributed by atoms with Gasteiger partial charge in [-0.1, -0.05) is 161 Å². The van der Waals surface area contributed by atoms with E-state index in [4.69, 9.17) is 0 Å². The lowest BCUT2D eigenvalue weighted by Gasteiger charge is -2.24. The molecule has 12 rings (SSSR count). The number of hydrogen-bond donors (Lipinski definition) is 0. The Kier molecular flexibility index (Phi) is 6.16. The normalized spacial score (nSPS) is 14.8. The van der Waals surface area contributed by atoms with Crippen LogP contribution in [0.2, 0.25) is 0 Å². The monoisotopic (exact) mass is 718 g/mol. The first-order chi connectivity index (χ1) is 26.8. The van der Waals surface area contributed by atoms with Crippen LogP contribution in [0.15, 0.2) is 158 Å². The van der Waals surface area contributed by atoms with Gasteiger partial charge in [-0.2, -0.15) is 0 Å². The lowest BCUT2D eigenvalue weighted by molar-refractivity contribution is 0.660. The number of thiophene rings is 1. The maximum atomic E-state index is 2.50. The van der Waals surface area contributed by atoms with Crippen molar-refractivity contribution in [1.29, 1.82) is 0 Å². The van der Waals surface area contributed by atoms with Gasteiger partial charge in [0.15, 0.2) is 0 Å². The van der Waals surface area contributed by atoms with Gasteiger partial charge in [0.25, 0.3) is 0 Å². The third-order valence-electron chi connectivity index (χ3n) is 13.2. The summed E-state index contributed by atoms with van der Waals surface area (Å²) >= 11 is 1.91. The highest BCUT2D eigenvalue weighted by molar-refractivity contribution is 7.26. The predicted molar refractivity (Wildman–Crippen MR) is 238 cm³/mol. The summed E-state index contributed by atoms with van der Waals surface area (Å²) in [6.45, 7) is 9.58. The second kappa shape index (κ2) is 10.8. The van der Waals surface area contributed by atoms with Crippen LogP contribution in [-0.2, 0) is 10.8 Å². The van der Waals surface area contributed by atoms with E-state index in [1.165, 1.54) is 119 Å². The highest BCUT2D eigenvalue weighted by Gasteiger charge is 2.38. The van der Waals surface area contributed by atoms with Crippen molar-refractivity contribution in [3.05, 3.63) is 180 Å². The quantitative estimate of drug-likeness (QED) is 0.156. The molecule has 0 atom stereocenters. The van der Waals surface area contributed by atoms with Gasteiger partial charge in [0.05, 0.1) is 0 Å². The van der Waals surface area contributed by atoms with Gasteiger partial charge in [-0.05, 0) is 123 Å². The number of hydrogen-bond acceptors (Lipinski definition) is 1. The molecule has 1 aromatic heterocycles. The van der Waals surface area contributed by atoms with E-state index in [2.05, 4.69) is 185 Å². The molecule has 0 nitrogen and oxygen atoms in total. The van der Waals surface area contributed by atoms with Crippen LogP contribution in [-0.4, -0.2) is 0 Å². The highest BCUT2D eigenvalue weighted by atomic mass is 32.1. The second-order valence-corrected chi connectivity index (χ2v) is 17.9. The average Bonchev–Trinajstić information content (AvgIpc) is 3.79. The summed E-state index contributed by atoms with van der Waals surface area (Å²) in [5, 5.41) is 10.7. The van der Waals surface area contributed by atoms with Crippen molar-refractivity contribution in [3.8, 4) is 44.5 Å². The van der Waals surface area contributed by atoms with E-state index in [0.29, 0.717) is 0 Å². The van der Waals surface area contributed by atoms with Gasteiger partial charge in [0.1, 0.15) is 0 Å². The molecule has 2 aliphatic rings. The van der Waals surface area contributed by atoms with Gasteiger partial charge >= 0.3 is 0 Å². The zero-order valence-electron chi connectivity index (χ0n) is 31.4. The van der Waals surface area contributed by atoms with Crippen LogP contribution in [0, 0.1) is 0 Å². The van der Waals surface area contributed by atoms with E-state index < -0.39 is 0 Å². The number of benzene rings is 9. The van der Waals surface area contributed by atoms with Crippen molar-refractivity contribution >= 4 is 63.8 Å². The van der Waals surface area contributed by atoms with Crippen LogP contribution < -0.4 is 0 Å². The Balaban J connectivity index is 1.11. The van der Waals surface area contributed by atoms with Crippen LogP contribution in [0.5, 0.6) is 0 Å². The molecule has 1 heteroatoms. The minimum Gasteiger partial charge on any atom is -0.135 e. The zero-order valence-corrected chi connectivity index (χ0v) is 32.2. The molecule has 0 saturated carbocycles. The molecular weight excluding hydrogens is 681 g/mol. The van der Waals surface area contributed by atoms with Crippen molar-refractivity contribution in [2.75, 3.05) is 0 Å². The molecule has 0 N–H and O–H groups in total. The Hall–Kier alpha value is -6.02. The van der Waals surface area contributed by atoms with E-state index in [1.54, 1.807) is 0 Å². The number of rotatable bonds is 2. The van der Waals surface area contributed by atoms with Crippen molar-refractivity contribution in [2.45, 2.75) is 38.5 Å². The zero-order chi connectivity index (χ0) is 36.8. The lowest BCUT2D eigenvalue weighted by atomic mass is 9.79. The van der Waals surface area contributed by atoms with Crippen molar-refractivity contribution in [1.82, 2.24) is 0 Å². The Bertz CT molecular complexity index is 3260. The van der Waals surface area contributed by atoms with Crippen LogP contribution >= 0.6 is 11.3 Å². The summed E-state index contributed by atoms with van der Waals surface area (Å²) < 4.78 is 2.72. The van der Waals surface area contributed by atoms with Gasteiger partial charge < -0.3 is 0 Å². The molecule has 10 aromatic rings. The lowest BCUT2D eigenvalue weighted by Crippen LogP contribution is -2.15. The second-order valence-electron chi connectivity index (χ2n) is 16.8. The Morgan fingerprint density at radius 3 is 1.53 bits per heavy atom. The molecule has 0 saturated heterocycles. The van der Waals surface area contributed by atoms with E-state index >= 15 is 0 Å². The van der Waals surface area contributed by atoms with Gasteiger partial charge in [-0.15, -0.1) is 11.3 Å². The first kappa shape index (κ1) is 31.3. The fourth-order valence-electron chi connectivity index (χ4n) is 10.7. The molecule has 0 spiro atoms. The topological polar surface area (TPSA) is 0 Å². The summed E-state index contributed by atoms with van der Waals surface area (Å²) in [6.07, 6.45) is 0. The molecule has 260 valence electrons. The van der Waals surface area contributed by atoms with Crippen molar-refractivity contribution < 1.29 is 0 Å². The maximum Gasteiger partial charge on any atom is 0.0361 e. The van der Waals surface area contributed by atoms with Gasteiger partial charge in [-0.3, -0.25) is 0 Å². The van der Waals surface area contributed by atoms with E-state index in [0.717, 1.165) is 0 Å². The smallest absolute Gasteiger partial charge is 0.0361 e. The van der Waals surface area contributed by atoms with Crippen LogP contribution in [0.25, 0.3) is 97.0 Å². The molecule has 0 radical (unpaired) electrons. The summed E-state index contributed by atoms with van der Waals surface area (Å²) in [4.78, 5) is 0. The molecule has 1 heterocycles. The van der Waals surface area contributed by atoms with Gasteiger partial charge in [-0.25, -0.2) is 0 Å². The Morgan fingerprint density at radius 2 is 0.873 bits per heavy atom. The number of fused-ring (bicyclic) bond motifs is 14. The molecule has 2 aliphatic carbocycles. The van der Waals surface area contributed by atoms with E-state index in [-0.39, 0.29) is 10.8 Å². The van der Waals surface area contributed by atoms with Crippen LogP contribution in [0.4, 0.5) is 0 Å². The third-order valence-corrected chi connectivity index (χ3v) is 14.4. The SMILES string of the molecule is CC1(C)c2ccccc2-c2cc(-c3c4ccccc4c(-c4ccc5c(c4)-c4ccc6ccc7sc8ccccc8c7c6c4C5(C)C)c4ccccc34)ccc21. The van der Waals surface area contributed by atoms with Crippen molar-refractivity contribution in [2.24, 2.45) is 0 Å². The molecule has 9 aromatic carbocycles. The van der Waals surface area contributed by atoms with E-state index in [1.807, 2.05) is 11.3 Å². The summed E-state index contributed by atoms with van der Waals surface area (Å²) in [6, 6.07) is 60.0. The van der Waals surface area contributed by atoms with Crippen LogP contribution in [0.1, 0.15) is 49.9 Å². The molecule has 0 unspecified atom stereocenters. The predicted octanol–water partition coefficient (Wildman–Crippen LogP) is 15.5. The largest absolute Gasteiger partial charge is 0.135 e. The van der Waals surface area contributed by atoms with Gasteiger partial charge in [0.2, 0.25) is 0 Å². The molecule has 55 heavy (non-hydrogen) atoms. The van der Waals surface area contributed by atoms with Crippen LogP contribution in [0.3, 0.4) is 0 Å². The summed E-state index contributed by atoms with van der Waals surface area (Å²) in [5.74, 6) is 0. The maximum absolute atomic E-state index is 2.50. The molecule has 0 bridgehead atoms. The van der Waals surface area contributed by atoms with Gasteiger partial charge in [0, 0.05) is 31.0 Å². The fraction of sp³-hybridized carbons (Fsp3) is 0.111.